The van der Waals surface area contributed by atoms with Gasteiger partial charge in [-0.25, -0.2) is 4.99 Å². The van der Waals surface area contributed by atoms with E-state index in [-0.39, 0.29) is 5.91 Å². The Balaban J connectivity index is 1.65. The van der Waals surface area contributed by atoms with Crippen LogP contribution in [0.3, 0.4) is 0 Å². The Bertz CT molecular complexity index is 1210. The quantitative estimate of drug-likeness (QED) is 0.426. The first-order valence-electron chi connectivity index (χ1n) is 10.4. The Hall–Kier alpha value is -2.96. The van der Waals surface area contributed by atoms with Crippen LogP contribution in [0.4, 0.5) is 11.4 Å². The standard InChI is InChI=1S/C25H25ClN4OS/c1-5-29-24(31)23(32-25(29)27-18-9-12-19(13-10-18)28(3)4)16-20-7-6-14-30(20)21-11-8-17(2)22(26)15-21/h6-16H,5H2,1-4H3/b23-16-,27-25?. The molecule has 3 aromatic rings. The molecule has 164 valence electrons. The van der Waals surface area contributed by atoms with Gasteiger partial charge in [-0.1, -0.05) is 17.7 Å². The highest BCUT2D eigenvalue weighted by molar-refractivity contribution is 8.18. The summed E-state index contributed by atoms with van der Waals surface area (Å²) in [4.78, 5) is 22.2. The Kier molecular flexibility index (Phi) is 6.44. The first-order valence-corrected chi connectivity index (χ1v) is 11.6. The molecule has 1 fully saturated rings. The highest BCUT2D eigenvalue weighted by Gasteiger charge is 2.32. The summed E-state index contributed by atoms with van der Waals surface area (Å²) in [5, 5.41) is 1.41. The summed E-state index contributed by atoms with van der Waals surface area (Å²) in [5.41, 5.74) is 4.82. The highest BCUT2D eigenvalue weighted by Crippen LogP contribution is 2.34. The van der Waals surface area contributed by atoms with Gasteiger partial charge in [0.25, 0.3) is 5.91 Å². The van der Waals surface area contributed by atoms with Gasteiger partial charge >= 0.3 is 0 Å². The molecule has 1 aliphatic heterocycles. The van der Waals surface area contributed by atoms with Crippen LogP contribution < -0.4 is 4.90 Å². The zero-order valence-electron chi connectivity index (χ0n) is 18.5. The van der Waals surface area contributed by atoms with Crippen LogP contribution in [0.1, 0.15) is 18.2 Å². The van der Waals surface area contributed by atoms with Crippen LogP contribution in [-0.2, 0) is 4.79 Å². The van der Waals surface area contributed by atoms with E-state index in [9.17, 15) is 4.79 Å². The fourth-order valence-electron chi connectivity index (χ4n) is 3.42. The minimum absolute atomic E-state index is 0.0316. The summed E-state index contributed by atoms with van der Waals surface area (Å²) >= 11 is 7.73. The Labute approximate surface area is 198 Å². The second kappa shape index (κ2) is 9.27. The molecule has 1 saturated heterocycles. The van der Waals surface area contributed by atoms with E-state index in [0.29, 0.717) is 21.6 Å². The average molecular weight is 465 g/mol. The number of amides is 1. The first kappa shape index (κ1) is 22.2. The molecule has 2 heterocycles. The molecule has 0 N–H and O–H groups in total. The van der Waals surface area contributed by atoms with Crippen molar-refractivity contribution < 1.29 is 4.79 Å². The molecule has 1 amide bonds. The van der Waals surface area contributed by atoms with E-state index in [4.69, 9.17) is 16.6 Å². The number of anilines is 1. The van der Waals surface area contributed by atoms with Crippen molar-refractivity contribution in [1.82, 2.24) is 9.47 Å². The number of likely N-dealkylation sites (N-methyl/N-ethyl adjacent to an activating group) is 1. The number of carbonyl (C=O) groups excluding carboxylic acids is 1. The molecule has 0 saturated carbocycles. The predicted octanol–water partition coefficient (Wildman–Crippen LogP) is 6.13. The van der Waals surface area contributed by atoms with E-state index >= 15 is 0 Å². The van der Waals surface area contributed by atoms with Gasteiger partial charge in [0.15, 0.2) is 5.17 Å². The smallest absolute Gasteiger partial charge is 0.266 e. The third-order valence-corrected chi connectivity index (χ3v) is 6.70. The van der Waals surface area contributed by atoms with Crippen molar-refractivity contribution >= 4 is 51.9 Å². The van der Waals surface area contributed by atoms with Crippen molar-refractivity contribution in [3.63, 3.8) is 0 Å². The normalized spacial score (nSPS) is 16.4. The van der Waals surface area contributed by atoms with Gasteiger partial charge in [0.1, 0.15) is 0 Å². The number of carbonyl (C=O) groups is 1. The molecule has 7 heteroatoms. The molecule has 0 spiro atoms. The molecule has 1 aliphatic rings. The summed E-state index contributed by atoms with van der Waals surface area (Å²) in [6.45, 7) is 4.50. The van der Waals surface area contributed by atoms with Gasteiger partial charge in [0.2, 0.25) is 0 Å². The number of aliphatic imine (C=N–C) groups is 1. The van der Waals surface area contributed by atoms with Crippen molar-refractivity contribution in [3.8, 4) is 5.69 Å². The molecule has 0 aliphatic carbocycles. The van der Waals surface area contributed by atoms with Gasteiger partial charge in [0.05, 0.1) is 10.6 Å². The largest absolute Gasteiger partial charge is 0.378 e. The zero-order chi connectivity index (χ0) is 22.8. The SMILES string of the molecule is CCN1C(=O)/C(=C/c2cccn2-c2ccc(C)c(Cl)c2)SC1=Nc1ccc(N(C)C)cc1. The van der Waals surface area contributed by atoms with Gasteiger partial charge in [-0.05, 0) is 85.8 Å². The number of rotatable bonds is 5. The lowest BCUT2D eigenvalue weighted by atomic mass is 10.2. The number of amidine groups is 1. The molecule has 4 rings (SSSR count). The molecule has 0 radical (unpaired) electrons. The second-order valence-corrected chi connectivity index (χ2v) is 9.12. The van der Waals surface area contributed by atoms with Crippen LogP contribution in [0.25, 0.3) is 11.8 Å². The second-order valence-electron chi connectivity index (χ2n) is 7.70. The molecule has 0 atom stereocenters. The molecule has 32 heavy (non-hydrogen) atoms. The number of hydrogen-bond donors (Lipinski definition) is 0. The maximum Gasteiger partial charge on any atom is 0.266 e. The molecule has 5 nitrogen and oxygen atoms in total. The van der Waals surface area contributed by atoms with E-state index < -0.39 is 0 Å². The van der Waals surface area contributed by atoms with Crippen LogP contribution >= 0.6 is 23.4 Å². The Morgan fingerprint density at radius 3 is 2.53 bits per heavy atom. The monoisotopic (exact) mass is 464 g/mol. The van der Waals surface area contributed by atoms with Crippen molar-refractivity contribution in [2.75, 3.05) is 25.5 Å². The lowest BCUT2D eigenvalue weighted by molar-refractivity contribution is -0.122. The fraction of sp³-hybridized carbons (Fsp3) is 0.200. The zero-order valence-corrected chi connectivity index (χ0v) is 20.1. The van der Waals surface area contributed by atoms with Gasteiger partial charge in [0, 0.05) is 48.9 Å². The van der Waals surface area contributed by atoms with Gasteiger partial charge < -0.3 is 9.47 Å². The first-order chi connectivity index (χ1) is 15.4. The summed E-state index contributed by atoms with van der Waals surface area (Å²) in [5.74, 6) is -0.0316. The van der Waals surface area contributed by atoms with Crippen LogP contribution in [-0.4, -0.2) is 41.2 Å². The number of hydrogen-bond acceptors (Lipinski definition) is 4. The minimum Gasteiger partial charge on any atom is -0.378 e. The molecule has 0 unspecified atom stereocenters. The number of aromatic nitrogens is 1. The maximum absolute atomic E-state index is 13.1. The summed E-state index contributed by atoms with van der Waals surface area (Å²) < 4.78 is 2.03. The van der Waals surface area contributed by atoms with E-state index in [1.807, 2.05) is 104 Å². The van der Waals surface area contributed by atoms with E-state index in [1.54, 1.807) is 4.90 Å². The fourth-order valence-corrected chi connectivity index (χ4v) is 4.64. The van der Waals surface area contributed by atoms with E-state index in [1.165, 1.54) is 11.8 Å². The highest BCUT2D eigenvalue weighted by atomic mass is 35.5. The van der Waals surface area contributed by atoms with Crippen molar-refractivity contribution in [2.24, 2.45) is 4.99 Å². The van der Waals surface area contributed by atoms with Crippen LogP contribution in [0.5, 0.6) is 0 Å². The third kappa shape index (κ3) is 4.47. The lowest BCUT2D eigenvalue weighted by Gasteiger charge is -2.13. The molecule has 1 aromatic heterocycles. The van der Waals surface area contributed by atoms with E-state index in [2.05, 4.69) is 0 Å². The Morgan fingerprint density at radius 1 is 1.12 bits per heavy atom. The van der Waals surface area contributed by atoms with Crippen molar-refractivity contribution in [1.29, 1.82) is 0 Å². The van der Waals surface area contributed by atoms with Crippen molar-refractivity contribution in [2.45, 2.75) is 13.8 Å². The van der Waals surface area contributed by atoms with Gasteiger partial charge in [-0.15, -0.1) is 0 Å². The summed E-state index contributed by atoms with van der Waals surface area (Å²) in [6, 6.07) is 17.9. The molecule has 2 aromatic carbocycles. The maximum atomic E-state index is 13.1. The molecular weight excluding hydrogens is 440 g/mol. The van der Waals surface area contributed by atoms with Crippen molar-refractivity contribution in [3.05, 3.63) is 82.0 Å². The number of halogens is 1. The molecule has 0 bridgehead atoms. The number of nitrogens with zero attached hydrogens (tertiary/aromatic N) is 4. The summed E-state index contributed by atoms with van der Waals surface area (Å²) in [7, 11) is 4.01. The van der Waals surface area contributed by atoms with Gasteiger partial charge in [-0.2, -0.15) is 0 Å². The number of benzene rings is 2. The van der Waals surface area contributed by atoms with Crippen LogP contribution in [0.15, 0.2) is 70.7 Å². The predicted molar refractivity (Wildman–Crippen MR) is 136 cm³/mol. The summed E-state index contributed by atoms with van der Waals surface area (Å²) in [6.07, 6.45) is 3.89. The molecular formula is C25H25ClN4OS. The third-order valence-electron chi connectivity index (χ3n) is 5.29. The van der Waals surface area contributed by atoms with Gasteiger partial charge in [-0.3, -0.25) is 9.69 Å². The lowest BCUT2D eigenvalue weighted by Crippen LogP contribution is -2.28. The minimum atomic E-state index is -0.0316. The Morgan fingerprint density at radius 2 is 1.88 bits per heavy atom. The van der Waals surface area contributed by atoms with Crippen LogP contribution in [0.2, 0.25) is 5.02 Å². The average Bonchev–Trinajstić information content (AvgIpc) is 3.35. The topological polar surface area (TPSA) is 40.8 Å². The number of thioether (sulfide) groups is 1. The van der Waals surface area contributed by atoms with E-state index in [0.717, 1.165) is 28.3 Å². The van der Waals surface area contributed by atoms with Crippen LogP contribution in [0, 0.1) is 6.92 Å². The number of aryl methyl sites for hydroxylation is 1.